The summed E-state index contributed by atoms with van der Waals surface area (Å²) in [6.45, 7) is 0. The van der Waals surface area contributed by atoms with Crippen LogP contribution in [0, 0.1) is 0 Å². The van der Waals surface area contributed by atoms with Crippen molar-refractivity contribution < 1.29 is 22.7 Å². The van der Waals surface area contributed by atoms with Gasteiger partial charge in [0.05, 0.1) is 7.11 Å². The SMILES string of the molecule is COC(=O)N1NN=NC(c2cc3ccccc3c3ccccc23)C1C(F)(F)F. The fraction of sp³-hybridized carbons (Fsp3) is 0.211. The number of hydrazine groups is 1. The number of carbonyl (C=O) groups excluding carboxylic acids is 1. The van der Waals surface area contributed by atoms with Gasteiger partial charge in [-0.15, -0.1) is 0 Å². The molecule has 2 unspecified atom stereocenters. The monoisotopic (exact) mass is 388 g/mol. The van der Waals surface area contributed by atoms with Crippen LogP contribution in [0.25, 0.3) is 21.5 Å². The molecule has 4 rings (SSSR count). The van der Waals surface area contributed by atoms with E-state index in [0.29, 0.717) is 16.0 Å². The minimum atomic E-state index is -4.77. The summed E-state index contributed by atoms with van der Waals surface area (Å²) >= 11 is 0. The Kier molecular flexibility index (Phi) is 4.29. The molecule has 0 aromatic heterocycles. The standard InChI is InChI=1S/C19H15F3N4O2/c1-28-18(27)26-17(19(20,21)22)16(23-24-25-26)15-10-11-6-2-3-7-12(11)13-8-4-5-9-14(13)15/h2-10,16-17H,1H3,(H,23,25). The van der Waals surface area contributed by atoms with E-state index in [1.807, 2.05) is 41.9 Å². The average Bonchev–Trinajstić information content (AvgIpc) is 2.71. The van der Waals surface area contributed by atoms with E-state index in [1.165, 1.54) is 0 Å². The second-order valence-electron chi connectivity index (χ2n) is 6.32. The van der Waals surface area contributed by atoms with E-state index in [-0.39, 0.29) is 0 Å². The largest absolute Gasteiger partial charge is 0.451 e. The van der Waals surface area contributed by atoms with Gasteiger partial charge in [0, 0.05) is 0 Å². The van der Waals surface area contributed by atoms with E-state index < -0.39 is 24.4 Å². The Morgan fingerprint density at radius 1 is 1.07 bits per heavy atom. The first-order valence-corrected chi connectivity index (χ1v) is 8.41. The van der Waals surface area contributed by atoms with Gasteiger partial charge >= 0.3 is 12.3 Å². The molecule has 6 nitrogen and oxygen atoms in total. The third-order valence-electron chi connectivity index (χ3n) is 4.74. The molecule has 1 N–H and O–H groups in total. The summed E-state index contributed by atoms with van der Waals surface area (Å²) in [5.74, 6) is 0. The molecule has 2 atom stereocenters. The van der Waals surface area contributed by atoms with Crippen molar-refractivity contribution >= 4 is 27.6 Å². The first kappa shape index (κ1) is 18.0. The van der Waals surface area contributed by atoms with Crippen LogP contribution in [0.4, 0.5) is 18.0 Å². The molecule has 1 amide bonds. The van der Waals surface area contributed by atoms with E-state index >= 15 is 0 Å². The van der Waals surface area contributed by atoms with E-state index in [4.69, 9.17) is 0 Å². The number of hydrogen-bond acceptors (Lipinski definition) is 5. The maximum absolute atomic E-state index is 13.9. The van der Waals surface area contributed by atoms with Gasteiger partial charge in [-0.05, 0) is 33.2 Å². The van der Waals surface area contributed by atoms with Crippen LogP contribution >= 0.6 is 0 Å². The van der Waals surface area contributed by atoms with Gasteiger partial charge < -0.3 is 4.74 Å². The van der Waals surface area contributed by atoms with Gasteiger partial charge in [-0.2, -0.15) is 28.8 Å². The molecule has 9 heteroatoms. The number of nitrogens with one attached hydrogen (secondary N) is 1. The zero-order chi connectivity index (χ0) is 19.9. The highest BCUT2D eigenvalue weighted by Gasteiger charge is 2.54. The number of ether oxygens (including phenoxy) is 1. The first-order chi connectivity index (χ1) is 13.4. The molecule has 0 fully saturated rings. The van der Waals surface area contributed by atoms with E-state index in [9.17, 15) is 18.0 Å². The fourth-order valence-corrected chi connectivity index (χ4v) is 3.54. The van der Waals surface area contributed by atoms with Crippen LogP contribution < -0.4 is 5.53 Å². The Hall–Kier alpha value is -3.36. The van der Waals surface area contributed by atoms with Gasteiger partial charge in [-0.1, -0.05) is 53.8 Å². The smallest absolute Gasteiger partial charge is 0.430 e. The molecule has 3 aromatic rings. The molecule has 0 aliphatic carbocycles. The normalized spacial score (nSPS) is 19.6. The third-order valence-corrected chi connectivity index (χ3v) is 4.74. The molecule has 0 saturated carbocycles. The van der Waals surface area contributed by atoms with Crippen molar-refractivity contribution in [2.45, 2.75) is 18.3 Å². The topological polar surface area (TPSA) is 66.3 Å². The van der Waals surface area contributed by atoms with Gasteiger partial charge in [0.15, 0.2) is 6.04 Å². The number of nitrogens with zero attached hydrogens (tertiary/aromatic N) is 3. The molecule has 28 heavy (non-hydrogen) atoms. The summed E-state index contributed by atoms with van der Waals surface area (Å²) in [6.07, 6.45) is -5.96. The van der Waals surface area contributed by atoms with Crippen molar-refractivity contribution in [1.29, 1.82) is 0 Å². The zero-order valence-corrected chi connectivity index (χ0v) is 14.6. The summed E-state index contributed by atoms with van der Waals surface area (Å²) in [5.41, 5.74) is 2.34. The first-order valence-electron chi connectivity index (χ1n) is 8.41. The lowest BCUT2D eigenvalue weighted by atomic mass is 9.90. The second kappa shape index (κ2) is 6.66. The van der Waals surface area contributed by atoms with Gasteiger partial charge in [-0.25, -0.2) is 4.79 Å². The summed E-state index contributed by atoms with van der Waals surface area (Å²) in [7, 11) is 1.00. The lowest BCUT2D eigenvalue weighted by Crippen LogP contribution is -2.58. The van der Waals surface area contributed by atoms with Crippen LogP contribution in [0.2, 0.25) is 0 Å². The Labute approximate surface area is 157 Å². The highest BCUT2D eigenvalue weighted by Crippen LogP contribution is 2.42. The maximum Gasteiger partial charge on any atom is 0.430 e. The van der Waals surface area contributed by atoms with Crippen LogP contribution in [0.1, 0.15) is 11.6 Å². The van der Waals surface area contributed by atoms with Gasteiger partial charge in [-0.3, -0.25) is 0 Å². The zero-order valence-electron chi connectivity index (χ0n) is 14.6. The van der Waals surface area contributed by atoms with Crippen molar-refractivity contribution in [2.24, 2.45) is 10.3 Å². The quantitative estimate of drug-likeness (QED) is 0.602. The number of amides is 1. The second-order valence-corrected chi connectivity index (χ2v) is 6.32. The number of hydrogen-bond donors (Lipinski definition) is 1. The third kappa shape index (κ3) is 2.88. The Balaban J connectivity index is 1.98. The molecule has 3 aromatic carbocycles. The number of rotatable bonds is 1. The molecule has 1 aliphatic rings. The summed E-state index contributed by atoms with van der Waals surface area (Å²) < 4.78 is 46.3. The highest BCUT2D eigenvalue weighted by molar-refractivity contribution is 6.09. The van der Waals surface area contributed by atoms with Crippen molar-refractivity contribution in [1.82, 2.24) is 10.5 Å². The Morgan fingerprint density at radius 3 is 2.39 bits per heavy atom. The number of methoxy groups -OCH3 is 1. The molecule has 0 bridgehead atoms. The summed E-state index contributed by atoms with van der Waals surface area (Å²) in [4.78, 5) is 11.9. The predicted octanol–water partition coefficient (Wildman–Crippen LogP) is 4.92. The Morgan fingerprint density at radius 2 is 1.71 bits per heavy atom. The fourth-order valence-electron chi connectivity index (χ4n) is 3.54. The number of alkyl halides is 3. The lowest BCUT2D eigenvalue weighted by Gasteiger charge is -2.36. The van der Waals surface area contributed by atoms with Crippen LogP contribution in [-0.2, 0) is 4.74 Å². The molecular weight excluding hydrogens is 373 g/mol. The number of benzene rings is 3. The predicted molar refractivity (Wildman–Crippen MR) is 96.3 cm³/mol. The molecular formula is C19H15F3N4O2. The van der Waals surface area contributed by atoms with E-state index in [2.05, 4.69) is 15.1 Å². The van der Waals surface area contributed by atoms with Crippen LogP contribution in [-0.4, -0.2) is 30.4 Å². The molecule has 1 heterocycles. The van der Waals surface area contributed by atoms with Gasteiger partial charge in [0.1, 0.15) is 6.04 Å². The molecule has 0 saturated heterocycles. The average molecular weight is 388 g/mol. The minimum absolute atomic E-state index is 0.321. The summed E-state index contributed by atoms with van der Waals surface area (Å²) in [5, 5.41) is 10.8. The van der Waals surface area contributed by atoms with Crippen molar-refractivity contribution in [3.05, 3.63) is 60.2 Å². The lowest BCUT2D eigenvalue weighted by molar-refractivity contribution is -0.197. The van der Waals surface area contributed by atoms with Crippen molar-refractivity contribution in [3.8, 4) is 0 Å². The number of carbonyl (C=O) groups is 1. The maximum atomic E-state index is 13.9. The van der Waals surface area contributed by atoms with Gasteiger partial charge in [0.2, 0.25) is 0 Å². The van der Waals surface area contributed by atoms with E-state index in [0.717, 1.165) is 23.3 Å². The summed E-state index contributed by atoms with van der Waals surface area (Å²) in [6, 6.07) is 12.5. The number of halogens is 3. The Bertz CT molecular complexity index is 1080. The van der Waals surface area contributed by atoms with Crippen LogP contribution in [0.3, 0.4) is 0 Å². The van der Waals surface area contributed by atoms with Crippen molar-refractivity contribution in [2.75, 3.05) is 7.11 Å². The van der Waals surface area contributed by atoms with E-state index in [1.54, 1.807) is 18.2 Å². The highest BCUT2D eigenvalue weighted by atomic mass is 19.4. The molecule has 1 aliphatic heterocycles. The van der Waals surface area contributed by atoms with Gasteiger partial charge in [0.25, 0.3) is 0 Å². The van der Waals surface area contributed by atoms with Crippen molar-refractivity contribution in [3.63, 3.8) is 0 Å². The van der Waals surface area contributed by atoms with Crippen LogP contribution in [0.5, 0.6) is 0 Å². The van der Waals surface area contributed by atoms with Crippen LogP contribution in [0.15, 0.2) is 64.9 Å². The molecule has 0 spiro atoms. The minimum Gasteiger partial charge on any atom is -0.451 e. The molecule has 0 radical (unpaired) electrons. The number of fused-ring (bicyclic) bond motifs is 3. The molecule has 144 valence electrons.